The van der Waals surface area contributed by atoms with Gasteiger partial charge in [0, 0.05) is 27.1 Å². The van der Waals surface area contributed by atoms with Crippen molar-refractivity contribution in [3.8, 4) is 5.75 Å². The number of carboxylic acid groups (broad SMARTS) is 1. The number of pyridine rings is 1. The monoisotopic (exact) mass is 484 g/mol. The molecule has 2 heterocycles. The summed E-state index contributed by atoms with van der Waals surface area (Å²) in [6.45, 7) is 2.01. The second-order valence-corrected chi connectivity index (χ2v) is 8.68. The lowest BCUT2D eigenvalue weighted by Gasteiger charge is -2.09. The van der Waals surface area contributed by atoms with Gasteiger partial charge in [0.25, 0.3) is 5.91 Å². The number of rotatable bonds is 6. The molecule has 0 aliphatic heterocycles. The van der Waals surface area contributed by atoms with Crippen LogP contribution in [0.4, 0.5) is 0 Å². The van der Waals surface area contributed by atoms with Crippen molar-refractivity contribution in [3.05, 3.63) is 106 Å². The molecular formula is C28H21ClN2O4. The molecule has 0 bridgehead atoms. The Morgan fingerprint density at radius 2 is 1.77 bits per heavy atom. The molecule has 0 amide bonds. The molecule has 3 aromatic carbocycles. The van der Waals surface area contributed by atoms with Gasteiger partial charge in [-0.3, -0.25) is 14.2 Å². The Kier molecular flexibility index (Phi) is 5.97. The van der Waals surface area contributed by atoms with Crippen LogP contribution in [0.3, 0.4) is 0 Å². The molecule has 174 valence electrons. The Labute approximate surface area is 206 Å². The summed E-state index contributed by atoms with van der Waals surface area (Å²) in [5.41, 5.74) is 3.90. The van der Waals surface area contributed by atoms with Crippen molar-refractivity contribution in [2.75, 3.05) is 0 Å². The second-order valence-electron chi connectivity index (χ2n) is 8.24. The van der Waals surface area contributed by atoms with Gasteiger partial charge in [0.05, 0.1) is 23.1 Å². The number of carbonyl (C=O) groups excluding carboxylic acids is 1. The van der Waals surface area contributed by atoms with E-state index >= 15 is 0 Å². The number of fused-ring (bicyclic) bond motifs is 2. The van der Waals surface area contributed by atoms with Crippen molar-refractivity contribution in [2.24, 2.45) is 0 Å². The summed E-state index contributed by atoms with van der Waals surface area (Å²) in [6.07, 6.45) is -0.209. The van der Waals surface area contributed by atoms with Crippen LogP contribution in [0.15, 0.2) is 78.9 Å². The van der Waals surface area contributed by atoms with Gasteiger partial charge >= 0.3 is 5.97 Å². The molecule has 1 N–H and O–H groups in total. The molecule has 35 heavy (non-hydrogen) atoms. The van der Waals surface area contributed by atoms with Crippen LogP contribution in [-0.4, -0.2) is 26.5 Å². The third-order valence-electron chi connectivity index (χ3n) is 5.97. The average molecular weight is 485 g/mol. The fourth-order valence-corrected chi connectivity index (χ4v) is 4.38. The first-order chi connectivity index (χ1) is 16.9. The van der Waals surface area contributed by atoms with Crippen molar-refractivity contribution < 1.29 is 19.4 Å². The minimum Gasteiger partial charge on any atom is -0.487 e. The maximum Gasteiger partial charge on any atom is 0.307 e. The van der Waals surface area contributed by atoms with Gasteiger partial charge in [-0.25, -0.2) is 4.98 Å². The molecule has 0 saturated heterocycles. The Morgan fingerprint density at radius 3 is 2.54 bits per heavy atom. The summed E-state index contributed by atoms with van der Waals surface area (Å²) in [5.74, 6) is -0.664. The lowest BCUT2D eigenvalue weighted by Crippen LogP contribution is -2.14. The largest absolute Gasteiger partial charge is 0.487 e. The van der Waals surface area contributed by atoms with Gasteiger partial charge in [0.15, 0.2) is 0 Å². The van der Waals surface area contributed by atoms with Crippen LogP contribution in [0.5, 0.6) is 5.75 Å². The van der Waals surface area contributed by atoms with Crippen LogP contribution in [0.1, 0.15) is 27.3 Å². The third kappa shape index (κ3) is 4.48. The van der Waals surface area contributed by atoms with Gasteiger partial charge in [-0.05, 0) is 67.1 Å². The predicted molar refractivity (Wildman–Crippen MR) is 135 cm³/mol. The number of aliphatic carboxylic acids is 1. The number of benzene rings is 3. The summed E-state index contributed by atoms with van der Waals surface area (Å²) >= 11 is 5.97. The summed E-state index contributed by atoms with van der Waals surface area (Å²) in [5, 5.41) is 11.8. The van der Waals surface area contributed by atoms with E-state index in [0.29, 0.717) is 38.5 Å². The molecule has 2 aromatic heterocycles. The molecule has 0 spiro atoms. The smallest absolute Gasteiger partial charge is 0.307 e. The van der Waals surface area contributed by atoms with Crippen LogP contribution >= 0.6 is 11.6 Å². The fourth-order valence-electron chi connectivity index (χ4n) is 4.26. The van der Waals surface area contributed by atoms with E-state index in [4.69, 9.17) is 16.3 Å². The van der Waals surface area contributed by atoms with E-state index in [1.807, 2.05) is 36.4 Å². The lowest BCUT2D eigenvalue weighted by atomic mass is 10.1. The van der Waals surface area contributed by atoms with E-state index in [9.17, 15) is 14.7 Å². The van der Waals surface area contributed by atoms with Crippen molar-refractivity contribution in [1.29, 1.82) is 0 Å². The molecule has 0 aliphatic carbocycles. The molecule has 7 heteroatoms. The van der Waals surface area contributed by atoms with E-state index in [1.54, 1.807) is 54.0 Å². The number of hydrogen-bond donors (Lipinski definition) is 1. The highest BCUT2D eigenvalue weighted by molar-refractivity contribution is 6.30. The SMILES string of the molecule is Cc1c(CC(=O)O)c2cc(OCc3ccc4ccccc4n3)ccc2n1C(=O)c1ccc(Cl)cc1. The number of ether oxygens (including phenoxy) is 1. The zero-order valence-electron chi connectivity index (χ0n) is 18.9. The number of carbonyl (C=O) groups is 2. The lowest BCUT2D eigenvalue weighted by molar-refractivity contribution is -0.136. The number of hydrogen-bond acceptors (Lipinski definition) is 4. The maximum absolute atomic E-state index is 13.3. The normalized spacial score (nSPS) is 11.1. The molecule has 0 unspecified atom stereocenters. The maximum atomic E-state index is 13.3. The van der Waals surface area contributed by atoms with Gasteiger partial charge in [-0.15, -0.1) is 0 Å². The van der Waals surface area contributed by atoms with E-state index in [-0.39, 0.29) is 18.9 Å². The highest BCUT2D eigenvalue weighted by atomic mass is 35.5. The predicted octanol–water partition coefficient (Wildman–Crippen LogP) is 6.05. The summed E-state index contributed by atoms with van der Waals surface area (Å²) < 4.78 is 7.54. The summed E-state index contributed by atoms with van der Waals surface area (Å²) in [4.78, 5) is 29.6. The Hall–Kier alpha value is -4.16. The number of halogens is 1. The van der Waals surface area contributed by atoms with E-state index in [2.05, 4.69) is 4.98 Å². The molecule has 0 atom stereocenters. The van der Waals surface area contributed by atoms with Gasteiger partial charge in [0.1, 0.15) is 12.4 Å². The number of nitrogens with zero attached hydrogens (tertiary/aromatic N) is 2. The number of aromatic nitrogens is 2. The van der Waals surface area contributed by atoms with Gasteiger partial charge in [-0.1, -0.05) is 35.9 Å². The van der Waals surface area contributed by atoms with Gasteiger partial charge in [-0.2, -0.15) is 0 Å². The number of para-hydroxylation sites is 1. The van der Waals surface area contributed by atoms with Crippen molar-refractivity contribution >= 4 is 45.3 Å². The average Bonchev–Trinajstić information content (AvgIpc) is 3.12. The third-order valence-corrected chi connectivity index (χ3v) is 6.22. The minimum absolute atomic E-state index is 0.209. The second kappa shape index (κ2) is 9.24. The zero-order chi connectivity index (χ0) is 24.5. The molecule has 0 fully saturated rings. The van der Waals surface area contributed by atoms with Crippen LogP contribution in [0, 0.1) is 6.92 Å². The first-order valence-electron chi connectivity index (χ1n) is 11.0. The van der Waals surface area contributed by atoms with Gasteiger partial charge < -0.3 is 9.84 Å². The minimum atomic E-state index is -0.974. The topological polar surface area (TPSA) is 81.4 Å². The van der Waals surface area contributed by atoms with Crippen molar-refractivity contribution in [2.45, 2.75) is 20.0 Å². The Bertz CT molecular complexity index is 1590. The first kappa shape index (κ1) is 22.6. The summed E-state index contributed by atoms with van der Waals surface area (Å²) in [7, 11) is 0. The van der Waals surface area contributed by atoms with Crippen LogP contribution in [0.2, 0.25) is 5.02 Å². The van der Waals surface area contributed by atoms with Crippen LogP contribution in [-0.2, 0) is 17.8 Å². The standard InChI is InChI=1S/C28H21ClN2O4/c1-17-23(15-27(32)33)24-14-22(35-16-21-11-8-18-4-2-3-5-25(18)30-21)12-13-26(24)31(17)28(34)19-6-9-20(29)10-7-19/h2-14H,15-16H2,1H3,(H,32,33). The van der Waals surface area contributed by atoms with Crippen molar-refractivity contribution in [1.82, 2.24) is 9.55 Å². The molecule has 5 aromatic rings. The van der Waals surface area contributed by atoms with E-state index < -0.39 is 5.97 Å². The zero-order valence-corrected chi connectivity index (χ0v) is 19.6. The quantitative estimate of drug-likeness (QED) is 0.317. The van der Waals surface area contributed by atoms with Crippen LogP contribution < -0.4 is 4.74 Å². The molecule has 6 nitrogen and oxygen atoms in total. The van der Waals surface area contributed by atoms with Gasteiger partial charge in [0.2, 0.25) is 0 Å². The molecule has 0 aliphatic rings. The molecule has 5 rings (SSSR count). The van der Waals surface area contributed by atoms with Crippen molar-refractivity contribution in [3.63, 3.8) is 0 Å². The molecule has 0 radical (unpaired) electrons. The van der Waals surface area contributed by atoms with E-state index in [0.717, 1.165) is 16.6 Å². The highest BCUT2D eigenvalue weighted by Crippen LogP contribution is 2.31. The highest BCUT2D eigenvalue weighted by Gasteiger charge is 2.22. The summed E-state index contributed by atoms with van der Waals surface area (Å²) in [6, 6.07) is 23.7. The molecular weight excluding hydrogens is 464 g/mol. The first-order valence-corrected chi connectivity index (χ1v) is 11.4. The van der Waals surface area contributed by atoms with E-state index in [1.165, 1.54) is 0 Å². The fraction of sp³-hybridized carbons (Fsp3) is 0.107. The van der Waals surface area contributed by atoms with Crippen LogP contribution in [0.25, 0.3) is 21.8 Å². The Morgan fingerprint density at radius 1 is 1.00 bits per heavy atom. The molecule has 0 saturated carbocycles. The number of carboxylic acids is 1. The Balaban J connectivity index is 1.50.